The van der Waals surface area contributed by atoms with Crippen molar-refractivity contribution in [3.8, 4) is 0 Å². The van der Waals surface area contributed by atoms with Gasteiger partial charge in [-0.3, -0.25) is 4.79 Å². The van der Waals surface area contributed by atoms with Crippen molar-refractivity contribution in [1.82, 2.24) is 5.32 Å². The summed E-state index contributed by atoms with van der Waals surface area (Å²) < 4.78 is 0. The lowest BCUT2D eigenvalue weighted by Crippen LogP contribution is -2.29. The summed E-state index contributed by atoms with van der Waals surface area (Å²) in [5, 5.41) is 12.2. The fourth-order valence-corrected chi connectivity index (χ4v) is 2.57. The second kappa shape index (κ2) is 8.05. The van der Waals surface area contributed by atoms with Crippen LogP contribution in [0.2, 0.25) is 0 Å². The summed E-state index contributed by atoms with van der Waals surface area (Å²) >= 11 is 0. The first-order chi connectivity index (χ1) is 9.40. The van der Waals surface area contributed by atoms with E-state index >= 15 is 0 Å². The number of carbonyl (C=O) groups is 1. The molecule has 0 saturated carbocycles. The first kappa shape index (κ1) is 16.7. The van der Waals surface area contributed by atoms with Gasteiger partial charge >= 0.3 is 5.97 Å². The number of hydrogen-bond donors (Lipinski definition) is 2. The van der Waals surface area contributed by atoms with Gasteiger partial charge < -0.3 is 10.4 Å². The van der Waals surface area contributed by atoms with Gasteiger partial charge in [-0.1, -0.05) is 52.0 Å². The number of carboxylic acid groups (broad SMARTS) is 1. The van der Waals surface area contributed by atoms with Crippen LogP contribution in [0.25, 0.3) is 0 Å². The van der Waals surface area contributed by atoms with Gasteiger partial charge in [0.1, 0.15) is 0 Å². The highest BCUT2D eigenvalue weighted by atomic mass is 16.4. The molecule has 3 nitrogen and oxygen atoms in total. The van der Waals surface area contributed by atoms with Crippen molar-refractivity contribution >= 4 is 5.97 Å². The second-order valence-corrected chi connectivity index (χ2v) is 6.17. The summed E-state index contributed by atoms with van der Waals surface area (Å²) in [6.45, 7) is 10.9. The molecule has 0 saturated heterocycles. The molecule has 0 spiro atoms. The number of rotatable bonds is 8. The SMILES string of the molecule is CC(C)C(CNCc1ccc(CC(=O)O)cc1)C(C)C. The molecule has 0 unspecified atom stereocenters. The summed E-state index contributed by atoms with van der Waals surface area (Å²) in [4.78, 5) is 10.6. The molecule has 0 aliphatic rings. The third kappa shape index (κ3) is 5.74. The van der Waals surface area contributed by atoms with Crippen LogP contribution >= 0.6 is 0 Å². The lowest BCUT2D eigenvalue weighted by Gasteiger charge is -2.25. The van der Waals surface area contributed by atoms with E-state index < -0.39 is 5.97 Å². The largest absolute Gasteiger partial charge is 0.481 e. The Kier molecular flexibility index (Phi) is 6.73. The van der Waals surface area contributed by atoms with E-state index in [9.17, 15) is 4.79 Å². The molecule has 112 valence electrons. The molecule has 0 heterocycles. The third-order valence-electron chi connectivity index (χ3n) is 3.80. The highest BCUT2D eigenvalue weighted by molar-refractivity contribution is 5.70. The summed E-state index contributed by atoms with van der Waals surface area (Å²) in [6, 6.07) is 7.80. The molecule has 0 bridgehead atoms. The van der Waals surface area contributed by atoms with Crippen LogP contribution in [0.15, 0.2) is 24.3 Å². The summed E-state index contributed by atoms with van der Waals surface area (Å²) in [5.41, 5.74) is 2.05. The Labute approximate surface area is 122 Å². The first-order valence-corrected chi connectivity index (χ1v) is 7.40. The quantitative estimate of drug-likeness (QED) is 0.766. The van der Waals surface area contributed by atoms with E-state index in [1.807, 2.05) is 24.3 Å². The van der Waals surface area contributed by atoms with E-state index in [0.29, 0.717) is 17.8 Å². The first-order valence-electron chi connectivity index (χ1n) is 7.40. The molecule has 0 amide bonds. The Balaban J connectivity index is 2.43. The fraction of sp³-hybridized carbons (Fsp3) is 0.588. The summed E-state index contributed by atoms with van der Waals surface area (Å²) in [6.07, 6.45) is 0.0937. The minimum Gasteiger partial charge on any atom is -0.481 e. The van der Waals surface area contributed by atoms with Gasteiger partial charge in [-0.05, 0) is 35.4 Å². The van der Waals surface area contributed by atoms with Crippen LogP contribution in [-0.2, 0) is 17.8 Å². The van der Waals surface area contributed by atoms with Gasteiger partial charge in [0.25, 0.3) is 0 Å². The predicted octanol–water partition coefficient (Wildman–Crippen LogP) is 3.33. The minimum atomic E-state index is -0.785. The van der Waals surface area contributed by atoms with Crippen molar-refractivity contribution in [1.29, 1.82) is 0 Å². The number of carboxylic acids is 1. The van der Waals surface area contributed by atoms with Crippen LogP contribution < -0.4 is 5.32 Å². The zero-order valence-corrected chi connectivity index (χ0v) is 13.0. The molecule has 20 heavy (non-hydrogen) atoms. The van der Waals surface area contributed by atoms with Crippen molar-refractivity contribution in [2.24, 2.45) is 17.8 Å². The lowest BCUT2D eigenvalue weighted by atomic mass is 9.85. The predicted molar refractivity (Wildman–Crippen MR) is 82.7 cm³/mol. The maximum Gasteiger partial charge on any atom is 0.307 e. The van der Waals surface area contributed by atoms with Crippen LogP contribution in [0.4, 0.5) is 0 Å². The van der Waals surface area contributed by atoms with Crippen molar-refractivity contribution in [3.63, 3.8) is 0 Å². The molecule has 0 aromatic heterocycles. The maximum atomic E-state index is 10.6. The zero-order chi connectivity index (χ0) is 15.1. The molecule has 1 aromatic carbocycles. The van der Waals surface area contributed by atoms with E-state index in [1.165, 1.54) is 5.56 Å². The zero-order valence-electron chi connectivity index (χ0n) is 13.0. The van der Waals surface area contributed by atoms with Crippen molar-refractivity contribution in [2.75, 3.05) is 6.54 Å². The van der Waals surface area contributed by atoms with Gasteiger partial charge in [0.2, 0.25) is 0 Å². The van der Waals surface area contributed by atoms with E-state index in [-0.39, 0.29) is 6.42 Å². The van der Waals surface area contributed by atoms with E-state index in [1.54, 1.807) is 0 Å². The highest BCUT2D eigenvalue weighted by Gasteiger charge is 2.16. The van der Waals surface area contributed by atoms with Gasteiger partial charge in [-0.15, -0.1) is 0 Å². The molecular formula is C17H27NO2. The highest BCUT2D eigenvalue weighted by Crippen LogP contribution is 2.19. The van der Waals surface area contributed by atoms with E-state index in [0.717, 1.165) is 18.7 Å². The van der Waals surface area contributed by atoms with Crippen LogP contribution in [-0.4, -0.2) is 17.6 Å². The normalized spacial score (nSPS) is 11.6. The molecule has 0 aliphatic carbocycles. The Morgan fingerprint density at radius 2 is 1.55 bits per heavy atom. The molecule has 0 radical (unpaired) electrons. The maximum absolute atomic E-state index is 10.6. The molecular weight excluding hydrogens is 250 g/mol. The minimum absolute atomic E-state index is 0.0937. The Bertz CT molecular complexity index is 402. The van der Waals surface area contributed by atoms with Crippen LogP contribution in [0, 0.1) is 17.8 Å². The van der Waals surface area contributed by atoms with Crippen molar-refractivity contribution in [2.45, 2.75) is 40.7 Å². The number of benzene rings is 1. The van der Waals surface area contributed by atoms with Gasteiger partial charge in [-0.2, -0.15) is 0 Å². The molecule has 3 heteroatoms. The van der Waals surface area contributed by atoms with Gasteiger partial charge in [0, 0.05) is 6.54 Å². The van der Waals surface area contributed by atoms with Gasteiger partial charge in [0.05, 0.1) is 6.42 Å². The summed E-state index contributed by atoms with van der Waals surface area (Å²) in [7, 11) is 0. The monoisotopic (exact) mass is 277 g/mol. The van der Waals surface area contributed by atoms with Crippen molar-refractivity contribution < 1.29 is 9.90 Å². The average Bonchev–Trinajstić information content (AvgIpc) is 2.35. The Morgan fingerprint density at radius 3 is 2.00 bits per heavy atom. The molecule has 2 N–H and O–H groups in total. The molecule has 0 aliphatic heterocycles. The van der Waals surface area contributed by atoms with E-state index in [4.69, 9.17) is 5.11 Å². The summed E-state index contributed by atoms with van der Waals surface area (Å²) in [5.74, 6) is 1.26. The molecule has 0 atom stereocenters. The molecule has 0 fully saturated rings. The number of hydrogen-bond acceptors (Lipinski definition) is 2. The van der Waals surface area contributed by atoms with Gasteiger partial charge in [0.15, 0.2) is 0 Å². The smallest absolute Gasteiger partial charge is 0.307 e. The van der Waals surface area contributed by atoms with Crippen molar-refractivity contribution in [3.05, 3.63) is 35.4 Å². The lowest BCUT2D eigenvalue weighted by molar-refractivity contribution is -0.136. The standard InChI is InChI=1S/C17H27NO2/c1-12(2)16(13(3)4)11-18-10-15-7-5-14(6-8-15)9-17(19)20/h5-8,12-13,16,18H,9-11H2,1-4H3,(H,19,20). The molecule has 1 aromatic rings. The van der Waals surface area contributed by atoms with E-state index in [2.05, 4.69) is 33.0 Å². The molecule has 1 rings (SSSR count). The Morgan fingerprint density at radius 1 is 1.05 bits per heavy atom. The average molecular weight is 277 g/mol. The number of aliphatic carboxylic acids is 1. The van der Waals surface area contributed by atoms with Crippen LogP contribution in [0.1, 0.15) is 38.8 Å². The number of nitrogens with one attached hydrogen (secondary N) is 1. The third-order valence-corrected chi connectivity index (χ3v) is 3.80. The second-order valence-electron chi connectivity index (χ2n) is 6.17. The Hall–Kier alpha value is -1.35. The van der Waals surface area contributed by atoms with Crippen LogP contribution in [0.5, 0.6) is 0 Å². The van der Waals surface area contributed by atoms with Crippen LogP contribution in [0.3, 0.4) is 0 Å². The topological polar surface area (TPSA) is 49.3 Å². The fourth-order valence-electron chi connectivity index (χ4n) is 2.57. The van der Waals surface area contributed by atoms with Gasteiger partial charge in [-0.25, -0.2) is 0 Å².